The summed E-state index contributed by atoms with van der Waals surface area (Å²) in [6.45, 7) is 132. The molecular formula is C59H93NO11. The van der Waals surface area contributed by atoms with E-state index in [0.29, 0.717) is 0 Å². The Balaban J connectivity index is -0.00000000956. The number of hydrogen-bond donors (Lipinski definition) is 1. The molecule has 0 fully saturated rings. The molecule has 0 aliphatic carbocycles. The Morgan fingerprint density at radius 1 is 0.183 bits per heavy atom. The van der Waals surface area contributed by atoms with Crippen LogP contribution in [0.2, 0.25) is 0 Å². The van der Waals surface area contributed by atoms with Crippen molar-refractivity contribution in [1.82, 2.24) is 0 Å². The average molecular weight is 992 g/mol. The molecule has 0 aromatic heterocycles. The third-order valence-electron chi connectivity index (χ3n) is 0.0884. The number of carbonyl (C=O) groups excluding carboxylic acids is 11. The van der Waals surface area contributed by atoms with Crippen LogP contribution in [0.4, 0.5) is 0 Å². The fourth-order valence-electron chi connectivity index (χ4n) is 0. The van der Waals surface area contributed by atoms with Crippen molar-refractivity contribution in [3.05, 3.63) is 302 Å². The molecule has 0 rings (SSSR count). The third-order valence-corrected chi connectivity index (χ3v) is 0.0884. The van der Waals surface area contributed by atoms with Crippen LogP contribution in [0.15, 0.2) is 302 Å². The van der Waals surface area contributed by atoms with E-state index in [2.05, 4.69) is 302 Å². The van der Waals surface area contributed by atoms with Crippen molar-refractivity contribution < 1.29 is 52.7 Å². The lowest BCUT2D eigenvalue weighted by Gasteiger charge is -1.20. The minimum absolute atomic E-state index is 1.25. The van der Waals surface area contributed by atoms with Crippen LogP contribution in [0.25, 0.3) is 0 Å². The Kier molecular flexibility index (Phi) is 194000. The molecule has 0 bridgehead atoms. The van der Waals surface area contributed by atoms with Crippen LogP contribution < -0.4 is 0 Å². The van der Waals surface area contributed by atoms with E-state index in [1.165, 1.54) is 23.8 Å². The molecule has 0 aromatic carbocycles. The molecule has 0 saturated heterocycles. The highest BCUT2D eigenvalue weighted by Crippen LogP contribution is 1.18. The summed E-state index contributed by atoms with van der Waals surface area (Å²) >= 11 is 0. The molecule has 1 N–H and O–H groups in total. The van der Waals surface area contributed by atoms with E-state index in [1.807, 2.05) is 53.4 Å². The van der Waals surface area contributed by atoms with E-state index >= 15 is 0 Å². The van der Waals surface area contributed by atoms with Gasteiger partial charge in [0, 0.05) is 5.87 Å². The minimum atomic E-state index is 1.25. The van der Waals surface area contributed by atoms with E-state index in [4.69, 9.17) is 58.1 Å². The van der Waals surface area contributed by atoms with Crippen LogP contribution in [0.5, 0.6) is 0 Å². The lowest BCUT2D eigenvalue weighted by atomic mass is 11.0. The quantitative estimate of drug-likeness (QED) is 0.104. The predicted molar refractivity (Wildman–Crippen MR) is 328 cm³/mol. The van der Waals surface area contributed by atoms with Gasteiger partial charge < -0.3 is 33.6 Å². The fourth-order valence-corrected chi connectivity index (χ4v) is 0. The van der Waals surface area contributed by atoms with Gasteiger partial charge in [-0.3, -0.25) is 5.41 Å². The molecule has 400 valence electrons. The summed E-state index contributed by atoms with van der Waals surface area (Å²) in [5, 5.41) is 6.03. The van der Waals surface area contributed by atoms with Crippen molar-refractivity contribution in [2.75, 3.05) is 0 Å². The van der Waals surface area contributed by atoms with E-state index in [0.717, 1.165) is 0 Å². The van der Waals surface area contributed by atoms with Gasteiger partial charge in [-0.1, -0.05) is 97.8 Å². The highest BCUT2D eigenvalue weighted by atomic mass is 16.1. The zero-order valence-corrected chi connectivity index (χ0v) is 44.0. The Hall–Kier alpha value is -11.2. The lowest BCUT2D eigenvalue weighted by Crippen LogP contribution is -1.19. The molecule has 0 saturated carbocycles. The molecule has 0 spiro atoms. The van der Waals surface area contributed by atoms with Crippen LogP contribution in [-0.4, -0.2) is 77.2 Å². The average Bonchev–Trinajstić information content (AvgIpc) is 3.46. The number of hydrogen-bond acceptors (Lipinski definition) is 12. The second kappa shape index (κ2) is 63300. The summed E-state index contributed by atoms with van der Waals surface area (Å²) in [6, 6.07) is 0. The van der Waals surface area contributed by atoms with Gasteiger partial charge in [-0.25, -0.2) is 19.2 Å². The molecular weight excluding hydrogens is 899 g/mol. The number of rotatable bonds is 0. The molecule has 0 aromatic rings. The van der Waals surface area contributed by atoms with Gasteiger partial charge in [0.2, 0.25) is 0 Å². The summed E-state index contributed by atoms with van der Waals surface area (Å²) in [4.78, 5) is 90.3. The van der Waals surface area contributed by atoms with Crippen LogP contribution in [0.3, 0.4) is 0 Å². The summed E-state index contributed by atoms with van der Waals surface area (Å²) in [6.07, 6.45) is 0. The SMILES string of the molecule is C=C.C=C.C=C.C=C.C=C.C=C.C=C.C=C.C=C.C=C.C=C=C.C=C=C.C=C=C.C=C=C.C=C=C.C=C=C.C=C=C.C=C=C=N.C=C=O.C=C=O.C=C=O.C=C=O.C=O.C=O.C=O.C=O.C=O.C=O.C=O. The zero-order chi connectivity index (χ0) is 67.2. The van der Waals surface area contributed by atoms with Crippen molar-refractivity contribution in [2.24, 2.45) is 0 Å². The van der Waals surface area contributed by atoms with Gasteiger partial charge in [-0.2, -0.15) is 0 Å². The van der Waals surface area contributed by atoms with Crippen molar-refractivity contribution in [3.63, 3.8) is 0 Å². The molecule has 0 amide bonds. The van der Waals surface area contributed by atoms with Crippen LogP contribution in [-0.2, 0) is 52.7 Å². The monoisotopic (exact) mass is 992 g/mol. The maximum absolute atomic E-state index is 8.57. The van der Waals surface area contributed by atoms with E-state index in [1.54, 1.807) is 0 Å². The molecule has 0 heterocycles. The maximum atomic E-state index is 8.57. The summed E-state index contributed by atoms with van der Waals surface area (Å²) in [5.41, 5.74) is 17.8. The Labute approximate surface area is 436 Å². The predicted octanol–water partition coefficient (Wildman–Crippen LogP) is 14.0. The van der Waals surface area contributed by atoms with Gasteiger partial charge in [-0.05, 0) is 32.9 Å². The first-order valence-electron chi connectivity index (χ1n) is 15.1. The molecule has 0 radical (unpaired) electrons. The first-order chi connectivity index (χ1) is 34.5. The summed E-state index contributed by atoms with van der Waals surface area (Å²) < 4.78 is 0. The Morgan fingerprint density at radius 2 is 0.197 bits per heavy atom. The van der Waals surface area contributed by atoms with Gasteiger partial charge >= 0.3 is 0 Å². The van der Waals surface area contributed by atoms with Crippen molar-refractivity contribution >= 4 is 77.2 Å². The van der Waals surface area contributed by atoms with Crippen LogP contribution >= 0.6 is 0 Å². The van der Waals surface area contributed by atoms with Crippen molar-refractivity contribution in [1.29, 1.82) is 5.41 Å². The summed E-state index contributed by atoms with van der Waals surface area (Å²) in [5.74, 6) is 6.82. The van der Waals surface area contributed by atoms with Gasteiger partial charge in [0.1, 0.15) is 71.3 Å². The highest BCUT2D eigenvalue weighted by Gasteiger charge is 1.10. The van der Waals surface area contributed by atoms with Gasteiger partial charge in [-0.15, -0.1) is 172 Å². The second-order valence-corrected chi connectivity index (χ2v) is 2.63. The largest absolute Gasteiger partial charge is 0.307 e. The Bertz CT molecular complexity index is 850. The molecule has 12 heteroatoms. The molecule has 12 nitrogen and oxygen atoms in total. The standard InChI is InChI=1S/C3H3N.7C3H4.4C2H2O.10C2H4.7CH2O/c1-2-3-4;7*1-3-2;4*1-2-3;17*1-2/h4H,1H2;7*1-2H2;4*1H2;10*1-2H2;7*1H2. The minimum Gasteiger partial charge on any atom is -0.307 e. The maximum Gasteiger partial charge on any atom is 0.116 e. The first-order valence-corrected chi connectivity index (χ1v) is 15.1. The van der Waals surface area contributed by atoms with Gasteiger partial charge in [0.05, 0.1) is 0 Å². The van der Waals surface area contributed by atoms with Crippen molar-refractivity contribution in [3.8, 4) is 0 Å². The van der Waals surface area contributed by atoms with Crippen LogP contribution in [0, 0.1) is 5.41 Å². The molecule has 0 atom stereocenters. The number of carbonyl (C=O) groups is 7. The molecule has 0 unspecified atom stereocenters. The van der Waals surface area contributed by atoms with E-state index in [-0.39, 0.29) is 0 Å². The van der Waals surface area contributed by atoms with Crippen molar-refractivity contribution in [2.45, 2.75) is 0 Å². The van der Waals surface area contributed by atoms with E-state index < -0.39 is 0 Å². The van der Waals surface area contributed by atoms with E-state index in [9.17, 15) is 0 Å². The molecule has 71 heavy (non-hydrogen) atoms. The number of nitrogens with one attached hydrogen (secondary N) is 1. The highest BCUT2D eigenvalue weighted by molar-refractivity contribution is 5.44. The zero-order valence-electron chi connectivity index (χ0n) is 44.0. The molecule has 0 aliphatic heterocycles. The summed E-state index contributed by atoms with van der Waals surface area (Å²) in [7, 11) is 0. The first kappa shape index (κ1) is 218. The normalized spacial score (nSPS) is 2.37. The van der Waals surface area contributed by atoms with Gasteiger partial charge in [0.15, 0.2) is 0 Å². The Morgan fingerprint density at radius 3 is 0.197 bits per heavy atom. The molecule has 0 aliphatic rings. The second-order valence-electron chi connectivity index (χ2n) is 2.63. The van der Waals surface area contributed by atoms with Crippen LogP contribution in [0.1, 0.15) is 0 Å². The smallest absolute Gasteiger partial charge is 0.116 e. The lowest BCUT2D eigenvalue weighted by molar-refractivity contribution is -0.0987. The fraction of sp³-hybridized carbons (Fsp3) is 0. The van der Waals surface area contributed by atoms with Gasteiger partial charge in [0.25, 0.3) is 0 Å². The topological polar surface area (TPSA) is 212 Å². The third kappa shape index (κ3) is 1810.